The maximum absolute atomic E-state index is 14.4. The predicted octanol–water partition coefficient (Wildman–Crippen LogP) is 5.24. The minimum absolute atomic E-state index is 0.0207. The Kier molecular flexibility index (Phi) is 6.44. The van der Waals surface area contributed by atoms with E-state index in [1.165, 1.54) is 21.2 Å². The van der Waals surface area contributed by atoms with E-state index in [0.29, 0.717) is 6.54 Å². The molecule has 1 amide bonds. The molecule has 0 unspecified atom stereocenters. The van der Waals surface area contributed by atoms with Crippen molar-refractivity contribution in [1.82, 2.24) is 4.90 Å². The molecule has 33 heavy (non-hydrogen) atoms. The third kappa shape index (κ3) is 4.66. The molecule has 1 fully saturated rings. The van der Waals surface area contributed by atoms with Gasteiger partial charge in [0.15, 0.2) is 0 Å². The van der Waals surface area contributed by atoms with Crippen molar-refractivity contribution in [3.63, 3.8) is 0 Å². The first-order chi connectivity index (χ1) is 16.2. The summed E-state index contributed by atoms with van der Waals surface area (Å²) < 4.78 is 0.808. The average Bonchev–Trinajstić information content (AvgIpc) is 3.12. The molecule has 1 aliphatic rings. The Morgan fingerprint density at radius 3 is 1.82 bits per heavy atom. The number of hydrogen-bond acceptors (Lipinski definition) is 1. The second kappa shape index (κ2) is 9.79. The molecule has 0 aromatic heterocycles. The van der Waals surface area contributed by atoms with Crippen LogP contribution in [0.3, 0.4) is 0 Å². The van der Waals surface area contributed by atoms with Crippen LogP contribution in [-0.4, -0.2) is 32.3 Å². The Balaban J connectivity index is 1.60. The molecular formula is C30H27NOSe. The summed E-state index contributed by atoms with van der Waals surface area (Å²) in [6.07, 6.45) is 0.756. The zero-order chi connectivity index (χ0) is 22.5. The van der Waals surface area contributed by atoms with Gasteiger partial charge in [0.2, 0.25) is 0 Å². The standard InChI is InChI=1S/C30H27NOSe/c32-29-30(21-24-13-5-1-6-14-24,33-27-19-11-4-12-20-27)28(26-17-9-3-10-18-26)23-31(29)22-25-15-7-2-8-16-25/h1-20,28H,21-23H2/t28-,30+/m1/s1. The van der Waals surface area contributed by atoms with Crippen LogP contribution in [-0.2, 0) is 17.8 Å². The molecule has 2 nitrogen and oxygen atoms in total. The third-order valence-corrected chi connectivity index (χ3v) is 9.48. The van der Waals surface area contributed by atoms with Gasteiger partial charge >= 0.3 is 203 Å². The van der Waals surface area contributed by atoms with E-state index in [1.807, 2.05) is 12.1 Å². The summed E-state index contributed by atoms with van der Waals surface area (Å²) in [5, 5.41) is 0. The van der Waals surface area contributed by atoms with Crippen LogP contribution in [0.5, 0.6) is 0 Å². The maximum atomic E-state index is 14.4. The van der Waals surface area contributed by atoms with Crippen LogP contribution in [0.15, 0.2) is 121 Å². The fourth-order valence-electron chi connectivity index (χ4n) is 4.82. The topological polar surface area (TPSA) is 20.3 Å². The molecule has 1 aliphatic heterocycles. The van der Waals surface area contributed by atoms with Gasteiger partial charge in [0.25, 0.3) is 0 Å². The number of amides is 1. The summed E-state index contributed by atoms with van der Waals surface area (Å²) >= 11 is -0.0207. The molecule has 2 atom stereocenters. The molecule has 0 N–H and O–H groups in total. The van der Waals surface area contributed by atoms with Crippen molar-refractivity contribution in [3.05, 3.63) is 138 Å². The fourth-order valence-corrected chi connectivity index (χ4v) is 8.01. The Morgan fingerprint density at radius 2 is 1.21 bits per heavy atom. The molecule has 0 spiro atoms. The molecule has 5 rings (SSSR count). The zero-order valence-corrected chi connectivity index (χ0v) is 20.2. The number of hydrogen-bond donors (Lipinski definition) is 0. The Hall–Kier alpha value is -3.13. The number of nitrogens with zero attached hydrogens (tertiary/aromatic N) is 1. The molecule has 0 radical (unpaired) electrons. The van der Waals surface area contributed by atoms with Gasteiger partial charge < -0.3 is 0 Å². The summed E-state index contributed by atoms with van der Waals surface area (Å²) in [7, 11) is 0. The molecule has 4 aromatic rings. The Bertz CT molecular complexity index is 1140. The SMILES string of the molecule is O=C1N(Cc2ccccc2)C[C@H](c2ccccc2)[C@]1(Cc1ccccc1)[Se]c1ccccc1. The summed E-state index contributed by atoms with van der Waals surface area (Å²) in [5.41, 5.74) is 3.67. The predicted molar refractivity (Wildman–Crippen MR) is 136 cm³/mol. The second-order valence-corrected chi connectivity index (χ2v) is 11.5. The van der Waals surface area contributed by atoms with Crippen LogP contribution in [0.2, 0.25) is 4.31 Å². The van der Waals surface area contributed by atoms with E-state index < -0.39 is 4.31 Å². The van der Waals surface area contributed by atoms with Crippen molar-refractivity contribution in [2.24, 2.45) is 0 Å². The first-order valence-corrected chi connectivity index (χ1v) is 13.1. The van der Waals surface area contributed by atoms with Crippen molar-refractivity contribution >= 4 is 25.3 Å². The first kappa shape index (κ1) is 21.7. The number of carbonyl (C=O) groups excluding carboxylic acids is 1. The van der Waals surface area contributed by atoms with Crippen LogP contribution in [0, 0.1) is 0 Å². The van der Waals surface area contributed by atoms with Crippen LogP contribution < -0.4 is 4.46 Å². The van der Waals surface area contributed by atoms with Crippen molar-refractivity contribution in [2.45, 2.75) is 23.2 Å². The first-order valence-electron chi connectivity index (χ1n) is 11.4. The molecular weight excluding hydrogens is 469 g/mol. The quantitative estimate of drug-likeness (QED) is 0.321. The van der Waals surface area contributed by atoms with Gasteiger partial charge in [0, 0.05) is 0 Å². The van der Waals surface area contributed by atoms with E-state index in [2.05, 4.69) is 114 Å². The van der Waals surface area contributed by atoms with E-state index in [0.717, 1.165) is 13.0 Å². The zero-order valence-electron chi connectivity index (χ0n) is 18.5. The van der Waals surface area contributed by atoms with Gasteiger partial charge in [-0.3, -0.25) is 0 Å². The van der Waals surface area contributed by atoms with Crippen molar-refractivity contribution < 1.29 is 4.79 Å². The van der Waals surface area contributed by atoms with Crippen LogP contribution in [0.4, 0.5) is 0 Å². The number of likely N-dealkylation sites (tertiary alicyclic amines) is 1. The summed E-state index contributed by atoms with van der Waals surface area (Å²) in [5.74, 6) is 0.434. The molecule has 0 saturated carbocycles. The van der Waals surface area contributed by atoms with E-state index in [4.69, 9.17) is 0 Å². The number of carbonyl (C=O) groups is 1. The molecule has 3 heteroatoms. The van der Waals surface area contributed by atoms with E-state index in [1.54, 1.807) is 0 Å². The van der Waals surface area contributed by atoms with Gasteiger partial charge in [-0.1, -0.05) is 0 Å². The minimum atomic E-state index is -0.466. The number of benzene rings is 4. The van der Waals surface area contributed by atoms with Crippen molar-refractivity contribution in [1.29, 1.82) is 0 Å². The third-order valence-electron chi connectivity index (χ3n) is 6.39. The summed E-state index contributed by atoms with van der Waals surface area (Å²) in [4.78, 5) is 16.5. The second-order valence-electron chi connectivity index (χ2n) is 8.60. The van der Waals surface area contributed by atoms with E-state index >= 15 is 0 Å². The van der Waals surface area contributed by atoms with E-state index in [-0.39, 0.29) is 26.8 Å². The number of rotatable bonds is 7. The Labute approximate surface area is 202 Å². The Morgan fingerprint density at radius 1 is 0.697 bits per heavy atom. The monoisotopic (exact) mass is 497 g/mol. The molecule has 1 saturated heterocycles. The molecule has 0 aliphatic carbocycles. The van der Waals surface area contributed by atoms with Gasteiger partial charge in [0.05, 0.1) is 0 Å². The van der Waals surface area contributed by atoms with Crippen molar-refractivity contribution in [2.75, 3.05) is 6.54 Å². The summed E-state index contributed by atoms with van der Waals surface area (Å²) in [6, 6.07) is 42.2. The fraction of sp³-hybridized carbons (Fsp3) is 0.167. The normalized spacial score (nSPS) is 20.2. The molecule has 164 valence electrons. The van der Waals surface area contributed by atoms with Crippen LogP contribution in [0.1, 0.15) is 22.6 Å². The van der Waals surface area contributed by atoms with E-state index in [9.17, 15) is 4.79 Å². The van der Waals surface area contributed by atoms with Crippen LogP contribution in [0.25, 0.3) is 0 Å². The van der Waals surface area contributed by atoms with Gasteiger partial charge in [-0.15, -0.1) is 0 Å². The van der Waals surface area contributed by atoms with Gasteiger partial charge in [-0.05, 0) is 0 Å². The van der Waals surface area contributed by atoms with Gasteiger partial charge in [-0.2, -0.15) is 0 Å². The molecule has 4 aromatic carbocycles. The van der Waals surface area contributed by atoms with Gasteiger partial charge in [-0.25, -0.2) is 0 Å². The van der Waals surface area contributed by atoms with Crippen LogP contribution >= 0.6 is 0 Å². The molecule has 1 heterocycles. The van der Waals surface area contributed by atoms with Gasteiger partial charge in [0.1, 0.15) is 0 Å². The molecule has 0 bridgehead atoms. The summed E-state index contributed by atoms with van der Waals surface area (Å²) in [6.45, 7) is 1.41. The average molecular weight is 497 g/mol. The van der Waals surface area contributed by atoms with Crippen molar-refractivity contribution in [3.8, 4) is 0 Å².